The van der Waals surface area contributed by atoms with E-state index in [1.807, 2.05) is 36.4 Å². The van der Waals surface area contributed by atoms with Gasteiger partial charge in [-0.05, 0) is 50.2 Å². The van der Waals surface area contributed by atoms with E-state index in [4.69, 9.17) is 28.9 Å². The second-order valence-corrected chi connectivity index (χ2v) is 12.7. The van der Waals surface area contributed by atoms with Crippen molar-refractivity contribution in [2.45, 2.75) is 12.8 Å². The van der Waals surface area contributed by atoms with Crippen molar-refractivity contribution >= 4 is 55.0 Å². The predicted molar refractivity (Wildman–Crippen MR) is 204 cm³/mol. The molecule has 2 aromatic heterocycles. The standard InChI is InChI=1S/C40H46N6O4/c1-47-27-23-31-37(29-11-5-7-13-33(29)43-39(31)35(25-27)49-3)41-15-9-17-45-19-21-46(22-20-45)18-10-16-42-38-30-12-6-8-14-34(30)44-40-32(38)24-28(48-2)26-36(40)50-4/h5-8,11-14,23-26H,9-10,15-22H2,1-4H3,(H,41,43)(H,42,44). The molecule has 7 rings (SSSR count). The molecule has 0 radical (unpaired) electrons. The Morgan fingerprint density at radius 2 is 0.960 bits per heavy atom. The molecule has 0 amide bonds. The molecule has 4 aromatic carbocycles. The van der Waals surface area contributed by atoms with Crippen molar-refractivity contribution in [2.24, 2.45) is 0 Å². The Morgan fingerprint density at radius 1 is 0.540 bits per heavy atom. The lowest BCUT2D eigenvalue weighted by molar-refractivity contribution is 0.132. The van der Waals surface area contributed by atoms with E-state index in [1.54, 1.807) is 28.4 Å². The monoisotopic (exact) mass is 674 g/mol. The number of hydrogen-bond acceptors (Lipinski definition) is 10. The summed E-state index contributed by atoms with van der Waals surface area (Å²) in [5, 5.41) is 11.7. The van der Waals surface area contributed by atoms with E-state index in [0.29, 0.717) is 11.5 Å². The first-order chi connectivity index (χ1) is 24.6. The molecule has 10 heteroatoms. The summed E-state index contributed by atoms with van der Waals surface area (Å²) in [5.74, 6) is 2.93. The summed E-state index contributed by atoms with van der Waals surface area (Å²) in [6.45, 7) is 8.19. The maximum absolute atomic E-state index is 5.69. The second-order valence-electron chi connectivity index (χ2n) is 12.7. The second kappa shape index (κ2) is 15.2. The first-order valence-electron chi connectivity index (χ1n) is 17.4. The molecule has 0 atom stereocenters. The van der Waals surface area contributed by atoms with Crippen LogP contribution in [0.1, 0.15) is 12.8 Å². The molecule has 6 aromatic rings. The summed E-state index contributed by atoms with van der Waals surface area (Å²) >= 11 is 0. The molecule has 1 aliphatic rings. The van der Waals surface area contributed by atoms with Gasteiger partial charge in [-0.3, -0.25) is 0 Å². The van der Waals surface area contributed by atoms with Crippen LogP contribution in [0.4, 0.5) is 11.4 Å². The van der Waals surface area contributed by atoms with Crippen LogP contribution in [-0.2, 0) is 0 Å². The highest BCUT2D eigenvalue weighted by Crippen LogP contribution is 2.39. The van der Waals surface area contributed by atoms with Crippen molar-refractivity contribution in [3.63, 3.8) is 0 Å². The van der Waals surface area contributed by atoms with Crippen LogP contribution in [0.25, 0.3) is 43.6 Å². The van der Waals surface area contributed by atoms with E-state index in [9.17, 15) is 0 Å². The molecular weight excluding hydrogens is 628 g/mol. The number of methoxy groups -OCH3 is 4. The van der Waals surface area contributed by atoms with E-state index >= 15 is 0 Å². The predicted octanol–water partition coefficient (Wildman–Crippen LogP) is 7.05. The van der Waals surface area contributed by atoms with E-state index < -0.39 is 0 Å². The number of nitrogens with zero attached hydrogens (tertiary/aromatic N) is 4. The Kier molecular flexibility index (Phi) is 10.2. The first-order valence-corrected chi connectivity index (χ1v) is 17.4. The zero-order valence-corrected chi connectivity index (χ0v) is 29.4. The van der Waals surface area contributed by atoms with Gasteiger partial charge in [-0.2, -0.15) is 0 Å². The quantitative estimate of drug-likeness (QED) is 0.0926. The molecule has 1 fully saturated rings. The third kappa shape index (κ3) is 6.86. The molecule has 10 nitrogen and oxygen atoms in total. The molecule has 0 saturated carbocycles. The molecule has 50 heavy (non-hydrogen) atoms. The van der Waals surface area contributed by atoms with Gasteiger partial charge in [0.05, 0.1) is 50.8 Å². The van der Waals surface area contributed by atoms with Gasteiger partial charge in [-0.25, -0.2) is 9.97 Å². The van der Waals surface area contributed by atoms with Gasteiger partial charge < -0.3 is 39.4 Å². The van der Waals surface area contributed by atoms with Gasteiger partial charge in [0.2, 0.25) is 0 Å². The van der Waals surface area contributed by atoms with Crippen LogP contribution in [0.2, 0.25) is 0 Å². The summed E-state index contributed by atoms with van der Waals surface area (Å²) in [7, 11) is 6.72. The smallest absolute Gasteiger partial charge is 0.148 e. The minimum absolute atomic E-state index is 0.711. The number of fused-ring (bicyclic) bond motifs is 4. The topological polar surface area (TPSA) is 93.2 Å². The average molecular weight is 675 g/mol. The van der Waals surface area contributed by atoms with Crippen molar-refractivity contribution in [1.82, 2.24) is 19.8 Å². The number of hydrogen-bond donors (Lipinski definition) is 2. The molecule has 0 aliphatic carbocycles. The molecule has 1 saturated heterocycles. The highest BCUT2D eigenvalue weighted by molar-refractivity contribution is 6.10. The molecule has 260 valence electrons. The summed E-state index contributed by atoms with van der Waals surface area (Å²) < 4.78 is 22.5. The van der Waals surface area contributed by atoms with Gasteiger partial charge in [0.15, 0.2) is 0 Å². The van der Waals surface area contributed by atoms with E-state index in [1.165, 1.54) is 0 Å². The highest BCUT2D eigenvalue weighted by Gasteiger charge is 2.19. The molecular formula is C40H46N6O4. The van der Waals surface area contributed by atoms with Crippen molar-refractivity contribution in [1.29, 1.82) is 0 Å². The number of anilines is 2. The fraction of sp³-hybridized carbons (Fsp3) is 0.350. The number of piperazine rings is 1. The summed E-state index contributed by atoms with van der Waals surface area (Å²) in [6.07, 6.45) is 2.10. The normalized spacial score (nSPS) is 14.0. The number of aromatic nitrogens is 2. The third-order valence-electron chi connectivity index (χ3n) is 9.73. The van der Waals surface area contributed by atoms with Crippen molar-refractivity contribution in [2.75, 3.05) is 91.4 Å². The van der Waals surface area contributed by atoms with Gasteiger partial charge in [-0.1, -0.05) is 36.4 Å². The maximum atomic E-state index is 5.69. The molecule has 2 N–H and O–H groups in total. The fourth-order valence-corrected chi connectivity index (χ4v) is 7.07. The Hall–Kier alpha value is -5.06. The van der Waals surface area contributed by atoms with Crippen LogP contribution in [0.3, 0.4) is 0 Å². The Morgan fingerprint density at radius 3 is 1.36 bits per heavy atom. The summed E-state index contributed by atoms with van der Waals surface area (Å²) in [4.78, 5) is 15.0. The van der Waals surface area contributed by atoms with Crippen LogP contribution in [0, 0.1) is 0 Å². The van der Waals surface area contributed by atoms with E-state index in [0.717, 1.165) is 132 Å². The summed E-state index contributed by atoms with van der Waals surface area (Å²) in [6, 6.07) is 24.4. The average Bonchev–Trinajstić information content (AvgIpc) is 3.17. The minimum Gasteiger partial charge on any atom is -0.497 e. The zero-order valence-electron chi connectivity index (χ0n) is 29.4. The van der Waals surface area contributed by atoms with Gasteiger partial charge in [-0.15, -0.1) is 0 Å². The molecule has 0 spiro atoms. The maximum Gasteiger partial charge on any atom is 0.148 e. The SMILES string of the molecule is COc1cc(OC)c2nc3ccccc3c(NCCCN3CCN(CCCNc4c5ccccc5nc5c(OC)cc(OC)cc45)CC3)c2c1. The Labute approximate surface area is 293 Å². The third-order valence-corrected chi connectivity index (χ3v) is 9.73. The van der Waals surface area contributed by atoms with Crippen LogP contribution >= 0.6 is 0 Å². The Bertz CT molecular complexity index is 1960. The van der Waals surface area contributed by atoms with Crippen molar-refractivity contribution < 1.29 is 18.9 Å². The largest absolute Gasteiger partial charge is 0.497 e. The lowest BCUT2D eigenvalue weighted by Gasteiger charge is -2.34. The van der Waals surface area contributed by atoms with Gasteiger partial charge >= 0.3 is 0 Å². The number of ether oxygens (including phenoxy) is 4. The van der Waals surface area contributed by atoms with Gasteiger partial charge in [0.1, 0.15) is 34.0 Å². The van der Waals surface area contributed by atoms with Gasteiger partial charge in [0.25, 0.3) is 0 Å². The van der Waals surface area contributed by atoms with Gasteiger partial charge in [0, 0.05) is 72.9 Å². The fourth-order valence-electron chi connectivity index (χ4n) is 7.07. The minimum atomic E-state index is 0.711. The van der Waals surface area contributed by atoms with Crippen LogP contribution in [0.15, 0.2) is 72.8 Å². The number of rotatable bonds is 14. The molecule has 1 aliphatic heterocycles. The number of benzene rings is 4. The molecule has 3 heterocycles. The lowest BCUT2D eigenvalue weighted by Crippen LogP contribution is -2.47. The van der Waals surface area contributed by atoms with Crippen LogP contribution < -0.4 is 29.6 Å². The molecule has 0 unspecified atom stereocenters. The number of pyridine rings is 2. The van der Waals surface area contributed by atoms with Crippen molar-refractivity contribution in [3.05, 3.63) is 72.8 Å². The molecule has 0 bridgehead atoms. The summed E-state index contributed by atoms with van der Waals surface area (Å²) in [5.41, 5.74) is 5.72. The lowest BCUT2D eigenvalue weighted by atomic mass is 10.1. The first kappa shape index (κ1) is 33.4. The zero-order chi connectivity index (χ0) is 34.5. The van der Waals surface area contributed by atoms with Crippen LogP contribution in [-0.4, -0.2) is 101 Å². The number of nitrogens with one attached hydrogen (secondary N) is 2. The highest BCUT2D eigenvalue weighted by atomic mass is 16.5. The number of para-hydroxylation sites is 2. The van der Waals surface area contributed by atoms with Crippen LogP contribution in [0.5, 0.6) is 23.0 Å². The van der Waals surface area contributed by atoms with E-state index in [-0.39, 0.29) is 0 Å². The van der Waals surface area contributed by atoms with Crippen molar-refractivity contribution in [3.8, 4) is 23.0 Å². The Balaban J connectivity index is 0.922. The van der Waals surface area contributed by atoms with E-state index in [2.05, 4.69) is 56.8 Å².